The summed E-state index contributed by atoms with van der Waals surface area (Å²) in [5, 5.41) is 0. The van der Waals surface area contributed by atoms with Gasteiger partial charge in [-0.3, -0.25) is 18.8 Å². The number of hydrogen-bond acceptors (Lipinski definition) is 5. The van der Waals surface area contributed by atoms with Gasteiger partial charge in [0.1, 0.15) is 5.82 Å². The van der Waals surface area contributed by atoms with Crippen LogP contribution in [0.3, 0.4) is 0 Å². The van der Waals surface area contributed by atoms with Gasteiger partial charge >= 0.3 is 5.69 Å². The Morgan fingerprint density at radius 3 is 2.37 bits per heavy atom. The largest absolute Gasteiger partial charge is 0.373 e. The van der Waals surface area contributed by atoms with Crippen LogP contribution in [-0.4, -0.2) is 48.9 Å². The molecule has 0 unspecified atom stereocenters. The summed E-state index contributed by atoms with van der Waals surface area (Å²) >= 11 is 0. The van der Waals surface area contributed by atoms with Gasteiger partial charge in [-0.05, 0) is 31.9 Å². The second-order valence-corrected chi connectivity index (χ2v) is 8.37. The van der Waals surface area contributed by atoms with Crippen molar-refractivity contribution in [3.05, 3.63) is 62.1 Å². The third-order valence-corrected chi connectivity index (χ3v) is 5.88. The van der Waals surface area contributed by atoms with Crippen molar-refractivity contribution in [2.45, 2.75) is 46.1 Å². The zero-order valence-electron chi connectivity index (χ0n) is 18.3. The number of ether oxygens (including phenoxy) is 1. The van der Waals surface area contributed by atoms with Crippen molar-refractivity contribution in [1.29, 1.82) is 0 Å². The van der Waals surface area contributed by atoms with Crippen LogP contribution in [0, 0.1) is 6.92 Å². The van der Waals surface area contributed by atoms with Gasteiger partial charge in [0.15, 0.2) is 11.2 Å². The lowest BCUT2D eigenvalue weighted by Gasteiger charge is -2.35. The fourth-order valence-electron chi connectivity index (χ4n) is 4.35. The number of hydrogen-bond donors (Lipinski definition) is 0. The molecule has 0 bridgehead atoms. The first-order chi connectivity index (χ1) is 14.3. The molecule has 2 atom stereocenters. The Balaban J connectivity index is 1.87. The van der Waals surface area contributed by atoms with E-state index in [1.54, 1.807) is 7.05 Å². The molecular formula is C22H29N5O3. The van der Waals surface area contributed by atoms with Crippen molar-refractivity contribution in [3.8, 4) is 0 Å². The first-order valence-corrected chi connectivity index (χ1v) is 10.3. The van der Waals surface area contributed by atoms with E-state index >= 15 is 0 Å². The van der Waals surface area contributed by atoms with E-state index in [0.717, 1.165) is 34.6 Å². The number of aryl methyl sites for hydroxylation is 2. The van der Waals surface area contributed by atoms with E-state index in [1.807, 2.05) is 16.7 Å². The molecule has 3 aromatic rings. The highest BCUT2D eigenvalue weighted by Gasteiger charge is 2.26. The van der Waals surface area contributed by atoms with Gasteiger partial charge in [0.05, 0.1) is 18.8 Å². The summed E-state index contributed by atoms with van der Waals surface area (Å²) in [7, 11) is 3.18. The van der Waals surface area contributed by atoms with Gasteiger partial charge in [-0.25, -0.2) is 9.78 Å². The molecule has 0 amide bonds. The molecule has 2 aromatic heterocycles. The summed E-state index contributed by atoms with van der Waals surface area (Å²) in [4.78, 5) is 32.6. The van der Waals surface area contributed by atoms with Gasteiger partial charge in [-0.1, -0.05) is 24.3 Å². The standard InChI is InChI=1S/C22H29N5O3/c1-14-8-6-7-9-17(14)12-27-18(13-26-10-15(2)30-16(3)11-26)23-20-19(27)21(28)25(5)22(29)24(20)4/h6-9,15-16H,10-13H2,1-5H3/t15-,16-/m0/s1. The lowest BCUT2D eigenvalue weighted by Crippen LogP contribution is -2.45. The summed E-state index contributed by atoms with van der Waals surface area (Å²) in [6, 6.07) is 8.13. The number of fused-ring (bicyclic) bond motifs is 1. The van der Waals surface area contributed by atoms with Crippen LogP contribution in [0.4, 0.5) is 0 Å². The van der Waals surface area contributed by atoms with E-state index in [1.165, 1.54) is 11.6 Å². The maximum atomic E-state index is 13.1. The second kappa shape index (κ2) is 7.85. The van der Waals surface area contributed by atoms with Crippen LogP contribution in [0.2, 0.25) is 0 Å². The second-order valence-electron chi connectivity index (χ2n) is 8.37. The van der Waals surface area contributed by atoms with E-state index < -0.39 is 0 Å². The summed E-state index contributed by atoms with van der Waals surface area (Å²) in [5.41, 5.74) is 2.49. The Labute approximate surface area is 175 Å². The SMILES string of the molecule is Cc1ccccc1Cn1c(CN2C[C@H](C)O[C@@H](C)C2)nc2c1c(=O)n(C)c(=O)n2C. The number of aromatic nitrogens is 4. The molecule has 8 nitrogen and oxygen atoms in total. The monoisotopic (exact) mass is 411 g/mol. The van der Waals surface area contributed by atoms with Crippen LogP contribution in [0.5, 0.6) is 0 Å². The van der Waals surface area contributed by atoms with Gasteiger partial charge < -0.3 is 9.30 Å². The van der Waals surface area contributed by atoms with Gasteiger partial charge in [0.25, 0.3) is 5.56 Å². The molecule has 8 heteroatoms. The molecule has 4 rings (SSSR count). The number of benzene rings is 1. The van der Waals surface area contributed by atoms with E-state index in [-0.39, 0.29) is 23.5 Å². The molecule has 3 heterocycles. The number of imidazole rings is 1. The average Bonchev–Trinajstić information content (AvgIpc) is 3.04. The Morgan fingerprint density at radius 1 is 1.03 bits per heavy atom. The van der Waals surface area contributed by atoms with Gasteiger partial charge in [0, 0.05) is 33.7 Å². The first-order valence-electron chi connectivity index (χ1n) is 10.3. The van der Waals surface area contributed by atoms with Crippen LogP contribution in [-0.2, 0) is 31.9 Å². The molecule has 1 fully saturated rings. The molecular weight excluding hydrogens is 382 g/mol. The lowest BCUT2D eigenvalue weighted by molar-refractivity contribution is -0.0712. The zero-order chi connectivity index (χ0) is 21.6. The van der Waals surface area contributed by atoms with Crippen molar-refractivity contribution < 1.29 is 4.74 Å². The third-order valence-electron chi connectivity index (χ3n) is 5.88. The molecule has 1 aromatic carbocycles. The maximum absolute atomic E-state index is 13.1. The van der Waals surface area contributed by atoms with Gasteiger partial charge in [0.2, 0.25) is 0 Å². The fourth-order valence-corrected chi connectivity index (χ4v) is 4.35. The molecule has 0 radical (unpaired) electrons. The van der Waals surface area contributed by atoms with Crippen LogP contribution < -0.4 is 11.2 Å². The minimum absolute atomic E-state index is 0.139. The number of morpholine rings is 1. The normalized spacial score (nSPS) is 20.2. The van der Waals surface area contributed by atoms with E-state index in [4.69, 9.17) is 9.72 Å². The molecule has 160 valence electrons. The van der Waals surface area contributed by atoms with Crippen molar-refractivity contribution in [3.63, 3.8) is 0 Å². The average molecular weight is 412 g/mol. The van der Waals surface area contributed by atoms with Crippen LogP contribution in [0.15, 0.2) is 33.9 Å². The lowest BCUT2D eigenvalue weighted by atomic mass is 10.1. The Kier molecular flexibility index (Phi) is 5.38. The highest BCUT2D eigenvalue weighted by atomic mass is 16.5. The quantitative estimate of drug-likeness (QED) is 0.649. The summed E-state index contributed by atoms with van der Waals surface area (Å²) in [6.07, 6.45) is 0.278. The molecule has 1 aliphatic heterocycles. The van der Waals surface area contributed by atoms with Crippen molar-refractivity contribution in [2.75, 3.05) is 13.1 Å². The third kappa shape index (κ3) is 3.61. The molecule has 1 aliphatic rings. The van der Waals surface area contributed by atoms with E-state index in [0.29, 0.717) is 24.3 Å². The van der Waals surface area contributed by atoms with Crippen LogP contribution in [0.1, 0.15) is 30.8 Å². The fraction of sp³-hybridized carbons (Fsp3) is 0.500. The number of nitrogens with zero attached hydrogens (tertiary/aromatic N) is 5. The summed E-state index contributed by atoms with van der Waals surface area (Å²) in [6.45, 7) is 8.92. The Bertz CT molecular complexity index is 1200. The topological polar surface area (TPSA) is 74.3 Å². The van der Waals surface area contributed by atoms with Crippen molar-refractivity contribution >= 4 is 11.2 Å². The predicted molar refractivity (Wildman–Crippen MR) is 116 cm³/mol. The molecule has 0 N–H and O–H groups in total. The van der Waals surface area contributed by atoms with Gasteiger partial charge in [-0.2, -0.15) is 0 Å². The molecule has 0 spiro atoms. The molecule has 0 aliphatic carbocycles. The first kappa shape index (κ1) is 20.6. The highest BCUT2D eigenvalue weighted by Crippen LogP contribution is 2.19. The van der Waals surface area contributed by atoms with Crippen molar-refractivity contribution in [2.24, 2.45) is 14.1 Å². The summed E-state index contributed by atoms with van der Waals surface area (Å²) < 4.78 is 10.4. The Hall–Kier alpha value is -2.71. The summed E-state index contributed by atoms with van der Waals surface area (Å²) in [5.74, 6) is 0.785. The zero-order valence-corrected chi connectivity index (χ0v) is 18.3. The Morgan fingerprint density at radius 2 is 1.70 bits per heavy atom. The predicted octanol–water partition coefficient (Wildman–Crippen LogP) is 1.40. The minimum atomic E-state index is -0.367. The number of rotatable bonds is 4. The minimum Gasteiger partial charge on any atom is -0.373 e. The van der Waals surface area contributed by atoms with Crippen LogP contribution in [0.25, 0.3) is 11.2 Å². The molecule has 30 heavy (non-hydrogen) atoms. The smallest absolute Gasteiger partial charge is 0.332 e. The van der Waals surface area contributed by atoms with Crippen LogP contribution >= 0.6 is 0 Å². The molecule has 0 saturated carbocycles. The maximum Gasteiger partial charge on any atom is 0.332 e. The van der Waals surface area contributed by atoms with E-state index in [9.17, 15) is 9.59 Å². The molecule has 1 saturated heterocycles. The van der Waals surface area contributed by atoms with Crippen molar-refractivity contribution in [1.82, 2.24) is 23.6 Å². The van der Waals surface area contributed by atoms with E-state index in [2.05, 4.69) is 37.8 Å². The highest BCUT2D eigenvalue weighted by molar-refractivity contribution is 5.71. The van der Waals surface area contributed by atoms with Gasteiger partial charge in [-0.15, -0.1) is 0 Å².